The van der Waals surface area contributed by atoms with Crippen molar-refractivity contribution in [3.05, 3.63) is 334 Å². The third kappa shape index (κ3) is 7.67. The Labute approximate surface area is 589 Å². The number of benzene rings is 13. The smallest absolute Gasteiger partial charge is 0.252 e. The predicted octanol–water partition coefficient (Wildman–Crippen LogP) is 22.7. The van der Waals surface area contributed by atoms with Crippen molar-refractivity contribution in [2.24, 2.45) is 0 Å². The first-order valence-electron chi connectivity index (χ1n) is 36.2. The molecule has 4 heteroatoms. The molecule has 20 rings (SSSR count). The van der Waals surface area contributed by atoms with Crippen molar-refractivity contribution in [2.75, 3.05) is 9.80 Å². The van der Waals surface area contributed by atoms with Crippen LogP contribution in [-0.4, -0.2) is 11.3 Å². The van der Waals surface area contributed by atoms with Crippen molar-refractivity contribution >= 4 is 79.0 Å². The van der Waals surface area contributed by atoms with Gasteiger partial charge < -0.3 is 14.4 Å². The molecule has 0 bridgehead atoms. The van der Waals surface area contributed by atoms with Gasteiger partial charge in [0, 0.05) is 50.3 Å². The molecule has 0 atom stereocenters. The zero-order chi connectivity index (χ0) is 68.1. The van der Waals surface area contributed by atoms with Gasteiger partial charge in [0.2, 0.25) is 0 Å². The molecule has 0 fully saturated rings. The molecular weight excluding hydrogens is 1210 g/mol. The lowest BCUT2D eigenvalue weighted by atomic mass is 9.33. The van der Waals surface area contributed by atoms with E-state index in [2.05, 4.69) is 364 Å². The average molecular weight is 1290 g/mol. The van der Waals surface area contributed by atoms with E-state index >= 15 is 0 Å². The van der Waals surface area contributed by atoms with Crippen molar-refractivity contribution in [3.8, 4) is 50.2 Å². The number of rotatable bonds is 3. The summed E-state index contributed by atoms with van der Waals surface area (Å²) in [6.45, 7) is 28.3. The highest BCUT2D eigenvalue weighted by atomic mass is 15.2. The molecular formula is C96H80BN3. The topological polar surface area (TPSA) is 11.4 Å². The lowest BCUT2D eigenvalue weighted by Gasteiger charge is -2.47. The maximum Gasteiger partial charge on any atom is 0.252 e. The Hall–Kier alpha value is -10.7. The van der Waals surface area contributed by atoms with Gasteiger partial charge in [-0.3, -0.25) is 0 Å². The average Bonchev–Trinajstić information content (AvgIpc) is 1.41. The summed E-state index contributed by atoms with van der Waals surface area (Å²) in [6, 6.07) is 105. The number of hydrogen-bond donors (Lipinski definition) is 0. The van der Waals surface area contributed by atoms with E-state index in [-0.39, 0.29) is 28.4 Å². The van der Waals surface area contributed by atoms with Crippen LogP contribution >= 0.6 is 0 Å². The molecule has 13 aromatic carbocycles. The molecule has 2 spiro atoms. The molecule has 100 heavy (non-hydrogen) atoms. The van der Waals surface area contributed by atoms with Crippen LogP contribution in [0.5, 0.6) is 0 Å². The lowest BCUT2D eigenvalue weighted by molar-refractivity contribution is 0.590. The van der Waals surface area contributed by atoms with Crippen LogP contribution in [0.3, 0.4) is 0 Å². The van der Waals surface area contributed by atoms with Gasteiger partial charge in [-0.15, -0.1) is 0 Å². The highest BCUT2D eigenvalue weighted by Crippen LogP contribution is 2.68. The van der Waals surface area contributed by atoms with Crippen molar-refractivity contribution < 1.29 is 0 Å². The van der Waals surface area contributed by atoms with E-state index in [1.165, 1.54) is 184 Å². The Kier molecular flexibility index (Phi) is 11.9. The van der Waals surface area contributed by atoms with Gasteiger partial charge in [-0.05, 0) is 205 Å². The van der Waals surface area contributed by atoms with Gasteiger partial charge in [0.1, 0.15) is 0 Å². The molecule has 3 nitrogen and oxygen atoms in total. The van der Waals surface area contributed by atoms with Crippen LogP contribution < -0.4 is 26.2 Å². The van der Waals surface area contributed by atoms with Crippen LogP contribution in [0.15, 0.2) is 267 Å². The van der Waals surface area contributed by atoms with Crippen molar-refractivity contribution in [2.45, 2.75) is 116 Å². The fourth-order valence-electron chi connectivity index (χ4n) is 19.4. The maximum absolute atomic E-state index is 2.79. The molecule has 4 aliphatic carbocycles. The number of aromatic nitrogens is 1. The molecule has 0 radical (unpaired) electrons. The second-order valence-electron chi connectivity index (χ2n) is 33.5. The van der Waals surface area contributed by atoms with Crippen molar-refractivity contribution in [3.63, 3.8) is 0 Å². The highest BCUT2D eigenvalue weighted by Gasteiger charge is 2.57. The molecule has 3 heterocycles. The maximum atomic E-state index is 2.79. The number of fused-ring (bicyclic) bond motifs is 27. The van der Waals surface area contributed by atoms with Crippen molar-refractivity contribution in [1.82, 2.24) is 4.57 Å². The van der Waals surface area contributed by atoms with Gasteiger partial charge in [0.15, 0.2) is 0 Å². The molecule has 0 N–H and O–H groups in total. The van der Waals surface area contributed by atoms with Crippen molar-refractivity contribution in [1.29, 1.82) is 0 Å². The summed E-state index contributed by atoms with van der Waals surface area (Å²) in [6.07, 6.45) is 0. The summed E-state index contributed by atoms with van der Waals surface area (Å²) < 4.78 is 2.59. The first-order valence-corrected chi connectivity index (χ1v) is 36.2. The Bertz CT molecular complexity index is 5740. The van der Waals surface area contributed by atoms with E-state index < -0.39 is 10.8 Å². The predicted molar refractivity (Wildman–Crippen MR) is 422 cm³/mol. The van der Waals surface area contributed by atoms with Crippen LogP contribution in [0.4, 0.5) is 34.1 Å². The second-order valence-corrected chi connectivity index (χ2v) is 33.5. The molecule has 14 aromatic rings. The van der Waals surface area contributed by atoms with E-state index in [1.54, 1.807) is 0 Å². The van der Waals surface area contributed by atoms with Crippen LogP contribution in [0.25, 0.3) is 72.0 Å². The van der Waals surface area contributed by atoms with E-state index in [1.807, 2.05) is 0 Å². The monoisotopic (exact) mass is 1290 g/mol. The minimum absolute atomic E-state index is 0.0406. The zero-order valence-electron chi connectivity index (χ0n) is 59.3. The van der Waals surface area contributed by atoms with E-state index in [4.69, 9.17) is 0 Å². The molecule has 2 aliphatic heterocycles. The number of anilines is 6. The molecule has 482 valence electrons. The van der Waals surface area contributed by atoms with Crippen LogP contribution in [0, 0.1) is 0 Å². The first-order chi connectivity index (χ1) is 48.2. The van der Waals surface area contributed by atoms with Gasteiger partial charge in [0.05, 0.1) is 33.2 Å². The molecule has 6 aliphatic rings. The SMILES string of the molecule is CC(C)(C)c1ccc2c(c1)B1c3ccc(-n4c5ccc(C(C)(C)C)cc5c5cc(C(C)(C)C)ccc54)cc3N(c3cccc4c3C3(c5ccccc5-c5ccccc53)c3ccccc3-4)c3cc(C(C)(C)C)cc(c31)N2c1cccc2c1C1(c3ccccc3-c3ccccc31)c1ccccc1-2. The third-order valence-corrected chi connectivity index (χ3v) is 24.0. The zero-order valence-corrected chi connectivity index (χ0v) is 59.3. The van der Waals surface area contributed by atoms with E-state index in [9.17, 15) is 0 Å². The molecule has 1 aromatic heterocycles. The van der Waals surface area contributed by atoms with E-state index in [0.29, 0.717) is 0 Å². The van der Waals surface area contributed by atoms with Gasteiger partial charge in [-0.2, -0.15) is 0 Å². The molecule has 0 unspecified atom stereocenters. The largest absolute Gasteiger partial charge is 0.311 e. The number of hydrogen-bond acceptors (Lipinski definition) is 2. The third-order valence-electron chi connectivity index (χ3n) is 24.0. The summed E-state index contributed by atoms with van der Waals surface area (Å²) in [5.41, 5.74) is 39.2. The van der Waals surface area contributed by atoms with Gasteiger partial charge in [-0.1, -0.05) is 283 Å². The summed E-state index contributed by atoms with van der Waals surface area (Å²) >= 11 is 0. The fraction of sp³-hybridized carbons (Fsp3) is 0.188. The Balaban J connectivity index is 0.939. The summed E-state index contributed by atoms with van der Waals surface area (Å²) in [5.74, 6) is 0. The molecule has 0 saturated heterocycles. The first kappa shape index (κ1) is 59.4. The molecule has 0 amide bonds. The van der Waals surface area contributed by atoms with Crippen LogP contribution in [0.1, 0.15) is 150 Å². The minimum atomic E-state index is -0.642. The fourth-order valence-corrected chi connectivity index (χ4v) is 19.4. The quantitative estimate of drug-likeness (QED) is 0.163. The Morgan fingerprint density at radius 2 is 0.610 bits per heavy atom. The summed E-state index contributed by atoms with van der Waals surface area (Å²) in [4.78, 5) is 5.54. The summed E-state index contributed by atoms with van der Waals surface area (Å²) in [7, 11) is 0. The Morgan fingerprint density at radius 3 is 1.01 bits per heavy atom. The number of nitrogens with zero attached hydrogens (tertiary/aromatic N) is 3. The summed E-state index contributed by atoms with van der Waals surface area (Å²) in [5, 5.41) is 2.56. The van der Waals surface area contributed by atoms with Crippen LogP contribution in [-0.2, 0) is 32.5 Å². The van der Waals surface area contributed by atoms with Gasteiger partial charge in [0.25, 0.3) is 6.71 Å². The second kappa shape index (κ2) is 20.0. The standard InChI is InChI=1S/C96H80BN3/c1-91(2,3)57-43-48-80-70(51-57)71-52-58(92(4,5)6)44-49-81(71)98(80)61-46-47-78-85(56-61)100(84-42-26-34-69-67-32-18-24-40-77(67)96(89(69)84)74-37-21-15-29-64(74)65-30-16-22-38-75(65)96)87-55-60(94(10,11)12)54-86-90(87)97(78)79-53-59(93(7,8)9)45-50-82(79)99(86)83-41-25-33-68-66-31-17-23-39-76(66)95(88(68)83)72-35-19-13-27-62(72)63-28-14-20-36-73(63)95/h13-56H,1-12H3. The van der Waals surface area contributed by atoms with Crippen LogP contribution in [0.2, 0.25) is 0 Å². The lowest BCUT2D eigenvalue weighted by Crippen LogP contribution is -2.62. The molecule has 0 saturated carbocycles. The highest BCUT2D eigenvalue weighted by molar-refractivity contribution is 7.00. The van der Waals surface area contributed by atoms with E-state index in [0.717, 1.165) is 5.69 Å². The van der Waals surface area contributed by atoms with Gasteiger partial charge in [-0.25, -0.2) is 0 Å². The Morgan fingerprint density at radius 1 is 0.260 bits per heavy atom. The van der Waals surface area contributed by atoms with Gasteiger partial charge >= 0.3 is 0 Å². The normalized spacial score (nSPS) is 15.1. The minimum Gasteiger partial charge on any atom is -0.311 e.